The van der Waals surface area contributed by atoms with Crippen LogP contribution in [-0.2, 0) is 0 Å². The van der Waals surface area contributed by atoms with Crippen molar-refractivity contribution >= 4 is 16.8 Å². The van der Waals surface area contributed by atoms with Crippen molar-refractivity contribution in [3.8, 4) is 0 Å². The number of nitrogens with zero attached hydrogens (tertiary/aromatic N) is 1. The fourth-order valence-electron chi connectivity index (χ4n) is 2.32. The van der Waals surface area contributed by atoms with Gasteiger partial charge in [-0.2, -0.15) is 4.68 Å². The Morgan fingerprint density at radius 1 is 1.26 bits per heavy atom. The number of hydrogen-bond donors (Lipinski definition) is 1. The maximum Gasteiger partial charge on any atom is 0.281 e. The van der Waals surface area contributed by atoms with Gasteiger partial charge in [0.25, 0.3) is 5.56 Å². The number of carbonyl (C=O) groups excluding carboxylic acids is 1. The maximum atomic E-state index is 12.2. The van der Waals surface area contributed by atoms with Crippen LogP contribution < -0.4 is 5.56 Å². The largest absolute Gasteiger partial charge is 0.288 e. The Labute approximate surface area is 112 Å². The summed E-state index contributed by atoms with van der Waals surface area (Å²) in [5.41, 5.74) is 1.40. The van der Waals surface area contributed by atoms with Gasteiger partial charge < -0.3 is 0 Å². The molecule has 0 amide bonds. The van der Waals surface area contributed by atoms with Crippen LogP contribution in [0, 0.1) is 6.92 Å². The van der Waals surface area contributed by atoms with Crippen LogP contribution in [0.15, 0.2) is 23.0 Å². The van der Waals surface area contributed by atoms with Gasteiger partial charge in [0.1, 0.15) is 0 Å². The number of carbonyl (C=O) groups is 1. The number of rotatable bonds is 5. The molecule has 1 aromatic heterocycles. The number of aromatic amines is 1. The lowest BCUT2D eigenvalue weighted by atomic mass is 10.1. The highest BCUT2D eigenvalue weighted by Gasteiger charge is 2.13. The van der Waals surface area contributed by atoms with E-state index in [0.29, 0.717) is 11.8 Å². The molecule has 1 aromatic carbocycles. The van der Waals surface area contributed by atoms with Crippen LogP contribution in [0.1, 0.15) is 49.4 Å². The lowest BCUT2D eigenvalue weighted by Crippen LogP contribution is -2.24. The number of unbranched alkanes of at least 4 members (excludes halogenated alkanes) is 3. The Morgan fingerprint density at radius 2 is 2.05 bits per heavy atom. The predicted octanol–water partition coefficient (Wildman–Crippen LogP) is 3.25. The van der Waals surface area contributed by atoms with Gasteiger partial charge in [0.15, 0.2) is 0 Å². The van der Waals surface area contributed by atoms with Gasteiger partial charge in [-0.3, -0.25) is 14.7 Å². The van der Waals surface area contributed by atoms with Gasteiger partial charge in [0.2, 0.25) is 5.91 Å². The van der Waals surface area contributed by atoms with Crippen LogP contribution in [0.2, 0.25) is 0 Å². The van der Waals surface area contributed by atoms with Crippen molar-refractivity contribution in [2.45, 2.75) is 46.0 Å². The van der Waals surface area contributed by atoms with Crippen LogP contribution in [0.3, 0.4) is 0 Å². The van der Waals surface area contributed by atoms with E-state index in [4.69, 9.17) is 0 Å². The average molecular weight is 260 g/mol. The van der Waals surface area contributed by atoms with Gasteiger partial charge in [0, 0.05) is 6.42 Å². The third-order valence-corrected chi connectivity index (χ3v) is 3.42. The molecular formula is C15H20N2O2. The number of benzene rings is 1. The van der Waals surface area contributed by atoms with E-state index in [9.17, 15) is 9.59 Å². The number of fused-ring (bicyclic) bond motifs is 1. The summed E-state index contributed by atoms with van der Waals surface area (Å²) < 4.78 is 1.16. The van der Waals surface area contributed by atoms with E-state index in [0.717, 1.165) is 41.4 Å². The monoisotopic (exact) mass is 260 g/mol. The van der Waals surface area contributed by atoms with Crippen molar-refractivity contribution in [1.29, 1.82) is 0 Å². The van der Waals surface area contributed by atoms with E-state index >= 15 is 0 Å². The van der Waals surface area contributed by atoms with Crippen molar-refractivity contribution in [1.82, 2.24) is 9.78 Å². The number of nitrogens with one attached hydrogen (secondary N) is 1. The molecule has 2 aromatic rings. The van der Waals surface area contributed by atoms with E-state index < -0.39 is 0 Å². The van der Waals surface area contributed by atoms with Crippen molar-refractivity contribution in [2.75, 3.05) is 0 Å². The van der Waals surface area contributed by atoms with Crippen LogP contribution in [-0.4, -0.2) is 15.7 Å². The SMILES string of the molecule is CCCCCCC(=O)n1[nH]c2cccc(C)c2c1=O. The van der Waals surface area contributed by atoms with E-state index in [-0.39, 0.29) is 11.5 Å². The molecule has 0 aliphatic carbocycles. The third kappa shape index (κ3) is 2.78. The van der Waals surface area contributed by atoms with Crippen molar-refractivity contribution < 1.29 is 4.79 Å². The quantitative estimate of drug-likeness (QED) is 0.839. The first-order chi connectivity index (χ1) is 9.15. The Bertz CT molecular complexity index is 637. The molecule has 4 nitrogen and oxygen atoms in total. The van der Waals surface area contributed by atoms with Gasteiger partial charge in [-0.15, -0.1) is 0 Å². The summed E-state index contributed by atoms with van der Waals surface area (Å²) in [4.78, 5) is 24.2. The highest BCUT2D eigenvalue weighted by Crippen LogP contribution is 2.12. The number of hydrogen-bond acceptors (Lipinski definition) is 2. The highest BCUT2D eigenvalue weighted by atomic mass is 16.2. The fraction of sp³-hybridized carbons (Fsp3) is 0.467. The Hall–Kier alpha value is -1.84. The zero-order chi connectivity index (χ0) is 13.8. The van der Waals surface area contributed by atoms with Gasteiger partial charge in [-0.25, -0.2) is 0 Å². The Morgan fingerprint density at radius 3 is 2.74 bits per heavy atom. The van der Waals surface area contributed by atoms with Gasteiger partial charge in [-0.05, 0) is 25.0 Å². The minimum absolute atomic E-state index is 0.142. The molecule has 1 heterocycles. The van der Waals surface area contributed by atoms with E-state index in [1.807, 2.05) is 25.1 Å². The molecule has 0 spiro atoms. The molecule has 19 heavy (non-hydrogen) atoms. The second kappa shape index (κ2) is 5.87. The maximum absolute atomic E-state index is 12.2. The average Bonchev–Trinajstić information content (AvgIpc) is 2.73. The Kier molecular flexibility index (Phi) is 4.20. The molecule has 0 radical (unpaired) electrons. The molecule has 0 bridgehead atoms. The van der Waals surface area contributed by atoms with Gasteiger partial charge in [-0.1, -0.05) is 38.3 Å². The molecule has 0 unspecified atom stereocenters. The number of H-pyrrole nitrogens is 1. The third-order valence-electron chi connectivity index (χ3n) is 3.42. The molecule has 1 N–H and O–H groups in total. The van der Waals surface area contributed by atoms with Gasteiger partial charge >= 0.3 is 0 Å². The molecule has 0 saturated heterocycles. The van der Waals surface area contributed by atoms with E-state index in [1.165, 1.54) is 0 Å². The molecule has 0 fully saturated rings. The molecule has 0 aliphatic rings. The highest BCUT2D eigenvalue weighted by molar-refractivity contribution is 5.87. The molecular weight excluding hydrogens is 240 g/mol. The van der Waals surface area contributed by atoms with E-state index in [2.05, 4.69) is 12.0 Å². The summed E-state index contributed by atoms with van der Waals surface area (Å²) in [6.07, 6.45) is 4.57. The van der Waals surface area contributed by atoms with Crippen LogP contribution >= 0.6 is 0 Å². The first kappa shape index (κ1) is 13.6. The first-order valence-corrected chi connectivity index (χ1v) is 6.88. The molecule has 102 valence electrons. The summed E-state index contributed by atoms with van der Waals surface area (Å²) in [5.74, 6) is -0.142. The lowest BCUT2D eigenvalue weighted by Gasteiger charge is -2.00. The zero-order valence-corrected chi connectivity index (χ0v) is 11.5. The topological polar surface area (TPSA) is 54.9 Å². The summed E-state index contributed by atoms with van der Waals surface area (Å²) in [5, 5.41) is 3.52. The van der Waals surface area contributed by atoms with E-state index in [1.54, 1.807) is 0 Å². The normalized spacial score (nSPS) is 11.1. The molecule has 0 saturated carbocycles. The smallest absolute Gasteiger partial charge is 0.281 e. The molecule has 0 aliphatic heterocycles. The van der Waals surface area contributed by atoms with Crippen LogP contribution in [0.4, 0.5) is 0 Å². The molecule has 4 heteroatoms. The molecule has 0 atom stereocenters. The van der Waals surface area contributed by atoms with Crippen LogP contribution in [0.5, 0.6) is 0 Å². The Balaban J connectivity index is 2.21. The zero-order valence-electron chi connectivity index (χ0n) is 11.5. The summed E-state index contributed by atoms with van der Waals surface area (Å²) in [7, 11) is 0. The standard InChI is InChI=1S/C15H20N2O2/c1-3-4-5-6-10-13(18)17-15(19)14-11(2)8-7-9-12(14)16-17/h7-9,16H,3-6,10H2,1-2H3. The number of aryl methyl sites for hydroxylation is 1. The predicted molar refractivity (Wildman–Crippen MR) is 76.7 cm³/mol. The second-order valence-corrected chi connectivity index (χ2v) is 4.95. The minimum atomic E-state index is -0.228. The minimum Gasteiger partial charge on any atom is -0.288 e. The number of aromatic nitrogens is 2. The first-order valence-electron chi connectivity index (χ1n) is 6.88. The summed E-state index contributed by atoms with van der Waals surface area (Å²) in [6, 6.07) is 5.59. The fourth-order valence-corrected chi connectivity index (χ4v) is 2.32. The van der Waals surface area contributed by atoms with Crippen molar-refractivity contribution in [3.05, 3.63) is 34.1 Å². The van der Waals surface area contributed by atoms with Crippen molar-refractivity contribution in [3.63, 3.8) is 0 Å². The lowest BCUT2D eigenvalue weighted by molar-refractivity contribution is 0.0880. The summed E-state index contributed by atoms with van der Waals surface area (Å²) in [6.45, 7) is 4.01. The summed E-state index contributed by atoms with van der Waals surface area (Å²) >= 11 is 0. The second-order valence-electron chi connectivity index (χ2n) is 4.95. The molecule has 2 rings (SSSR count). The van der Waals surface area contributed by atoms with Gasteiger partial charge in [0.05, 0.1) is 10.9 Å². The van der Waals surface area contributed by atoms with Crippen LogP contribution in [0.25, 0.3) is 10.9 Å². The van der Waals surface area contributed by atoms with Crippen molar-refractivity contribution in [2.24, 2.45) is 0 Å².